The van der Waals surface area contributed by atoms with Crippen LogP contribution in [0.25, 0.3) is 0 Å². The van der Waals surface area contributed by atoms with Crippen molar-refractivity contribution >= 4 is 0 Å². The van der Waals surface area contributed by atoms with Gasteiger partial charge in [-0.25, -0.2) is 0 Å². The lowest BCUT2D eigenvalue weighted by Crippen LogP contribution is -1.30. The molecule has 0 aromatic carbocycles. The minimum absolute atomic E-state index is 0. The SMILES string of the molecule is C[CH]C.N.O. The van der Waals surface area contributed by atoms with Crippen LogP contribution in [0, 0.1) is 6.42 Å². The Hall–Kier alpha value is -0.0800. The first kappa shape index (κ1) is 20.5. The van der Waals surface area contributed by atoms with E-state index >= 15 is 0 Å². The summed E-state index contributed by atoms with van der Waals surface area (Å²) in [5.74, 6) is 0. The normalized spacial score (nSPS) is 3.60. The van der Waals surface area contributed by atoms with Crippen molar-refractivity contribution in [1.82, 2.24) is 6.15 Å². The Morgan fingerprint density at radius 2 is 1.20 bits per heavy atom. The van der Waals surface area contributed by atoms with Gasteiger partial charge in [0, 0.05) is 0 Å². The van der Waals surface area contributed by atoms with Crippen molar-refractivity contribution in [2.45, 2.75) is 13.8 Å². The van der Waals surface area contributed by atoms with E-state index in [2.05, 4.69) is 0 Å². The molecule has 0 rings (SSSR count). The van der Waals surface area contributed by atoms with Crippen molar-refractivity contribution < 1.29 is 5.48 Å². The van der Waals surface area contributed by atoms with Crippen molar-refractivity contribution in [1.29, 1.82) is 0 Å². The zero-order chi connectivity index (χ0) is 2.71. The van der Waals surface area contributed by atoms with E-state index in [9.17, 15) is 0 Å². The van der Waals surface area contributed by atoms with Crippen LogP contribution in [0.1, 0.15) is 13.8 Å². The lowest BCUT2D eigenvalue weighted by atomic mass is 10.6. The molecular formula is C3H12NO. The van der Waals surface area contributed by atoms with E-state index in [1.807, 2.05) is 20.3 Å². The van der Waals surface area contributed by atoms with Gasteiger partial charge in [-0.1, -0.05) is 13.8 Å². The second-order valence-electron chi connectivity index (χ2n) is 0.577. The maximum atomic E-state index is 2.00. The summed E-state index contributed by atoms with van der Waals surface area (Å²) >= 11 is 0. The van der Waals surface area contributed by atoms with Crippen LogP contribution in [0.2, 0.25) is 0 Å². The van der Waals surface area contributed by atoms with E-state index in [4.69, 9.17) is 0 Å². The summed E-state index contributed by atoms with van der Waals surface area (Å²) in [4.78, 5) is 0. The van der Waals surface area contributed by atoms with Crippen LogP contribution >= 0.6 is 0 Å². The predicted octanol–water partition coefficient (Wildman–Crippen LogP) is 0.568. The van der Waals surface area contributed by atoms with E-state index in [0.29, 0.717) is 0 Å². The summed E-state index contributed by atoms with van der Waals surface area (Å²) in [5, 5.41) is 0. The molecule has 0 bridgehead atoms. The van der Waals surface area contributed by atoms with Gasteiger partial charge in [0.2, 0.25) is 0 Å². The van der Waals surface area contributed by atoms with Gasteiger partial charge in [0.15, 0.2) is 0 Å². The summed E-state index contributed by atoms with van der Waals surface area (Å²) < 4.78 is 0. The average molecular weight is 78.1 g/mol. The third-order valence-corrected chi connectivity index (χ3v) is 0. The zero-order valence-corrected chi connectivity index (χ0v) is 3.78. The molecule has 0 spiro atoms. The number of hydrogen-bond donors (Lipinski definition) is 1. The highest BCUT2D eigenvalue weighted by Gasteiger charge is 1.36. The van der Waals surface area contributed by atoms with Crippen molar-refractivity contribution in [3.8, 4) is 0 Å². The minimum Gasteiger partial charge on any atom is -0.412 e. The van der Waals surface area contributed by atoms with Crippen LogP contribution in [0.5, 0.6) is 0 Å². The molecule has 0 heterocycles. The molecular weight excluding hydrogens is 66.0 g/mol. The molecule has 0 atom stereocenters. The summed E-state index contributed by atoms with van der Waals surface area (Å²) in [5.41, 5.74) is 0. The zero-order valence-electron chi connectivity index (χ0n) is 3.78. The van der Waals surface area contributed by atoms with Crippen LogP contribution in [0.4, 0.5) is 0 Å². The second kappa shape index (κ2) is 39.5. The smallest absolute Gasteiger partial charge is 0.0448 e. The average Bonchev–Trinajstić information content (AvgIpc) is 0.918. The molecule has 5 heavy (non-hydrogen) atoms. The van der Waals surface area contributed by atoms with Crippen LogP contribution in [-0.4, -0.2) is 5.48 Å². The monoisotopic (exact) mass is 78.1 g/mol. The van der Waals surface area contributed by atoms with Crippen molar-refractivity contribution in [3.63, 3.8) is 0 Å². The van der Waals surface area contributed by atoms with Gasteiger partial charge in [-0.2, -0.15) is 0 Å². The topological polar surface area (TPSA) is 66.5 Å². The van der Waals surface area contributed by atoms with Gasteiger partial charge < -0.3 is 11.6 Å². The summed E-state index contributed by atoms with van der Waals surface area (Å²) in [6.45, 7) is 4.00. The molecule has 2 heteroatoms. The Morgan fingerprint density at radius 1 is 1.20 bits per heavy atom. The number of rotatable bonds is 0. The molecule has 0 aromatic rings. The Labute approximate surface area is 33.1 Å². The molecule has 0 amide bonds. The number of hydrogen-bond acceptors (Lipinski definition) is 1. The first-order chi connectivity index (χ1) is 1.41. The lowest BCUT2D eigenvalue weighted by molar-refractivity contribution is 0.824. The van der Waals surface area contributed by atoms with Gasteiger partial charge in [0.1, 0.15) is 0 Å². The highest BCUT2D eigenvalue weighted by molar-refractivity contribution is 4.34. The molecule has 0 aliphatic heterocycles. The fourth-order valence-corrected chi connectivity index (χ4v) is 0. The fourth-order valence-electron chi connectivity index (χ4n) is 0. The summed E-state index contributed by atoms with van der Waals surface area (Å²) in [6.07, 6.45) is 2.00. The molecule has 0 aromatic heterocycles. The molecule has 5 N–H and O–H groups in total. The van der Waals surface area contributed by atoms with E-state index < -0.39 is 0 Å². The molecule has 0 aliphatic carbocycles. The quantitative estimate of drug-likeness (QED) is 0.452. The minimum atomic E-state index is 0. The first-order valence-corrected chi connectivity index (χ1v) is 1.15. The van der Waals surface area contributed by atoms with Gasteiger partial charge in [0.25, 0.3) is 0 Å². The van der Waals surface area contributed by atoms with Crippen LogP contribution < -0.4 is 6.15 Å². The maximum absolute atomic E-state index is 2.00. The van der Waals surface area contributed by atoms with Crippen LogP contribution in [-0.2, 0) is 0 Å². The van der Waals surface area contributed by atoms with Gasteiger partial charge in [-0.15, -0.1) is 0 Å². The van der Waals surface area contributed by atoms with Gasteiger partial charge >= 0.3 is 0 Å². The van der Waals surface area contributed by atoms with Crippen LogP contribution in [0.15, 0.2) is 0 Å². The lowest BCUT2D eigenvalue weighted by Gasteiger charge is -1.47. The molecule has 0 saturated heterocycles. The maximum Gasteiger partial charge on any atom is -0.0448 e. The van der Waals surface area contributed by atoms with E-state index in [0.717, 1.165) is 0 Å². The van der Waals surface area contributed by atoms with Crippen molar-refractivity contribution in [2.24, 2.45) is 0 Å². The predicted molar refractivity (Wildman–Crippen MR) is 24.3 cm³/mol. The molecule has 35 valence electrons. The fraction of sp³-hybridized carbons (Fsp3) is 0.667. The molecule has 0 aliphatic rings. The molecule has 0 saturated carbocycles. The van der Waals surface area contributed by atoms with Gasteiger partial charge in [-0.05, 0) is 6.42 Å². The van der Waals surface area contributed by atoms with Crippen molar-refractivity contribution in [2.75, 3.05) is 0 Å². The van der Waals surface area contributed by atoms with Crippen LogP contribution in [0.3, 0.4) is 0 Å². The Kier molecular flexibility index (Phi) is 162. The Bertz CT molecular complexity index is 6.85. The molecule has 1 radical (unpaired) electrons. The largest absolute Gasteiger partial charge is 0.412 e. The van der Waals surface area contributed by atoms with E-state index in [1.54, 1.807) is 0 Å². The molecule has 2 nitrogen and oxygen atoms in total. The highest BCUT2D eigenvalue weighted by Crippen LogP contribution is 1.53. The molecule has 0 fully saturated rings. The van der Waals surface area contributed by atoms with E-state index in [-0.39, 0.29) is 11.6 Å². The summed E-state index contributed by atoms with van der Waals surface area (Å²) in [6, 6.07) is 0. The Morgan fingerprint density at radius 3 is 1.20 bits per heavy atom. The standard InChI is InChI=1S/C3H7.H3N.H2O/c1-3-2;;/h3H,1-2H3;1H3;1H2. The highest BCUT2D eigenvalue weighted by atomic mass is 16.0. The Balaban J connectivity index is -0.0000000200. The third kappa shape index (κ3) is 2260. The first-order valence-electron chi connectivity index (χ1n) is 1.15. The summed E-state index contributed by atoms with van der Waals surface area (Å²) in [7, 11) is 0. The third-order valence-electron chi connectivity index (χ3n) is 0. The van der Waals surface area contributed by atoms with Crippen molar-refractivity contribution in [3.05, 3.63) is 6.42 Å². The van der Waals surface area contributed by atoms with E-state index in [1.165, 1.54) is 0 Å². The van der Waals surface area contributed by atoms with Gasteiger partial charge in [-0.3, -0.25) is 0 Å². The molecule has 0 unspecified atom stereocenters. The second-order valence-corrected chi connectivity index (χ2v) is 0.577. The van der Waals surface area contributed by atoms with Gasteiger partial charge in [0.05, 0.1) is 0 Å².